The van der Waals surface area contributed by atoms with Crippen molar-refractivity contribution in [1.82, 2.24) is 14.3 Å². The van der Waals surface area contributed by atoms with Crippen LogP contribution in [0.2, 0.25) is 0 Å². The van der Waals surface area contributed by atoms with Gasteiger partial charge >= 0.3 is 5.63 Å². The molecule has 4 aromatic rings. The summed E-state index contributed by atoms with van der Waals surface area (Å²) in [4.78, 5) is 21.7. The summed E-state index contributed by atoms with van der Waals surface area (Å²) in [5.41, 5.74) is 2.79. The van der Waals surface area contributed by atoms with Crippen LogP contribution in [0.3, 0.4) is 0 Å². The van der Waals surface area contributed by atoms with Crippen LogP contribution in [-0.4, -0.2) is 47.0 Å². The number of fused-ring (bicyclic) bond motifs is 2. The summed E-state index contributed by atoms with van der Waals surface area (Å²) >= 11 is 0. The zero-order chi connectivity index (χ0) is 21.0. The van der Waals surface area contributed by atoms with Gasteiger partial charge in [-0.05, 0) is 50.7 Å². The number of nitrogens with zero attached hydrogens (tertiary/aromatic N) is 4. The Morgan fingerprint density at radius 2 is 2.00 bits per heavy atom. The second-order valence-electron chi connectivity index (χ2n) is 8.17. The molecule has 3 aromatic heterocycles. The molecule has 0 radical (unpaired) electrons. The number of rotatable bonds is 2. The maximum Gasteiger partial charge on any atom is 0.345 e. The van der Waals surface area contributed by atoms with Gasteiger partial charge in [-0.25, -0.2) is 14.2 Å². The molecule has 0 bridgehead atoms. The van der Waals surface area contributed by atoms with Gasteiger partial charge in [0.1, 0.15) is 5.58 Å². The number of likely N-dealkylation sites (N-methyl/N-ethyl adjacent to an activating group) is 1. The Bertz CT molecular complexity index is 1330. The first kappa shape index (κ1) is 18.8. The summed E-state index contributed by atoms with van der Waals surface area (Å²) in [5, 5.41) is 0.809. The lowest BCUT2D eigenvalue weighted by Crippen LogP contribution is -2.50. The van der Waals surface area contributed by atoms with E-state index in [0.717, 1.165) is 36.3 Å². The van der Waals surface area contributed by atoms with E-state index in [1.165, 1.54) is 6.07 Å². The summed E-state index contributed by atoms with van der Waals surface area (Å²) in [5.74, 6) is -0.419. The third kappa shape index (κ3) is 3.15. The van der Waals surface area contributed by atoms with Crippen LogP contribution in [-0.2, 0) is 0 Å². The number of halogens is 1. The van der Waals surface area contributed by atoms with Crippen molar-refractivity contribution in [3.63, 3.8) is 0 Å². The Morgan fingerprint density at radius 1 is 1.17 bits per heavy atom. The second kappa shape index (κ2) is 6.95. The van der Waals surface area contributed by atoms with Gasteiger partial charge in [0, 0.05) is 55.2 Å². The van der Waals surface area contributed by atoms with Gasteiger partial charge < -0.3 is 18.6 Å². The van der Waals surface area contributed by atoms with Crippen LogP contribution in [0.15, 0.2) is 51.9 Å². The Hall–Kier alpha value is -3.19. The Balaban J connectivity index is 1.55. The molecular weight excluding hydrogens is 383 g/mol. The number of benzene rings is 1. The zero-order valence-electron chi connectivity index (χ0n) is 17.2. The van der Waals surface area contributed by atoms with E-state index < -0.39 is 11.4 Å². The number of imidazole rings is 1. The highest BCUT2D eigenvalue weighted by atomic mass is 19.1. The van der Waals surface area contributed by atoms with Gasteiger partial charge in [-0.3, -0.25) is 0 Å². The molecule has 0 N–H and O–H groups in total. The zero-order valence-corrected chi connectivity index (χ0v) is 17.2. The standard InChI is InChI=1S/C23H23FN4O2/c1-14-8-19(24)22-25-20(13-28(22)11-14)18-9-16-4-5-17(10-21(16)30-23(18)29)27-7-6-26(3)15(2)12-27/h4-5,8-11,13,15H,6-7,12H2,1-3H3/t15-/m1/s1. The van der Waals surface area contributed by atoms with Gasteiger partial charge in [0.15, 0.2) is 11.5 Å². The van der Waals surface area contributed by atoms with Crippen molar-refractivity contribution < 1.29 is 8.81 Å². The first-order chi connectivity index (χ1) is 14.4. The maximum absolute atomic E-state index is 14.2. The summed E-state index contributed by atoms with van der Waals surface area (Å²) in [6, 6.07) is 9.59. The quantitative estimate of drug-likeness (QED) is 0.475. The Kier molecular flexibility index (Phi) is 4.36. The van der Waals surface area contributed by atoms with Crippen LogP contribution >= 0.6 is 0 Å². The highest BCUT2D eigenvalue weighted by Crippen LogP contribution is 2.27. The summed E-state index contributed by atoms with van der Waals surface area (Å²) < 4.78 is 21.4. The van der Waals surface area contributed by atoms with E-state index in [0.29, 0.717) is 22.9 Å². The predicted octanol–water partition coefficient (Wildman–Crippen LogP) is 3.70. The van der Waals surface area contributed by atoms with Crippen molar-refractivity contribution in [3.05, 3.63) is 64.5 Å². The molecule has 154 valence electrons. The third-order valence-corrected chi connectivity index (χ3v) is 5.96. The molecule has 1 fully saturated rings. The van der Waals surface area contributed by atoms with Gasteiger partial charge in [-0.1, -0.05) is 0 Å². The molecule has 0 spiro atoms. The first-order valence-corrected chi connectivity index (χ1v) is 10.1. The van der Waals surface area contributed by atoms with Crippen molar-refractivity contribution in [2.24, 2.45) is 0 Å². The maximum atomic E-state index is 14.2. The molecule has 30 heavy (non-hydrogen) atoms. The number of anilines is 1. The van der Waals surface area contributed by atoms with Crippen molar-refractivity contribution in [1.29, 1.82) is 0 Å². The van der Waals surface area contributed by atoms with Crippen molar-refractivity contribution in [2.75, 3.05) is 31.6 Å². The predicted molar refractivity (Wildman–Crippen MR) is 116 cm³/mol. The van der Waals surface area contributed by atoms with Gasteiger partial charge in [0.2, 0.25) is 0 Å². The normalized spacial score (nSPS) is 17.9. The van der Waals surface area contributed by atoms with Gasteiger partial charge in [-0.15, -0.1) is 0 Å². The number of piperazine rings is 1. The lowest BCUT2D eigenvalue weighted by Gasteiger charge is -2.39. The molecule has 1 aromatic carbocycles. The minimum absolute atomic E-state index is 0.189. The molecule has 1 atom stereocenters. The number of aryl methyl sites for hydroxylation is 1. The molecule has 4 heterocycles. The molecule has 5 rings (SSSR count). The lowest BCUT2D eigenvalue weighted by atomic mass is 10.1. The molecule has 0 unspecified atom stereocenters. The van der Waals surface area contributed by atoms with E-state index in [1.54, 1.807) is 22.9 Å². The molecule has 0 aliphatic carbocycles. The molecule has 0 saturated carbocycles. The fraction of sp³-hybridized carbons (Fsp3) is 0.304. The molecule has 0 amide bonds. The minimum atomic E-state index is -0.480. The number of hydrogen-bond donors (Lipinski definition) is 0. The van der Waals surface area contributed by atoms with Crippen LogP contribution < -0.4 is 10.5 Å². The summed E-state index contributed by atoms with van der Waals surface area (Å²) in [6.45, 7) is 6.87. The smallest absolute Gasteiger partial charge is 0.345 e. The highest BCUT2D eigenvalue weighted by Gasteiger charge is 2.21. The molecule has 6 nitrogen and oxygen atoms in total. The highest BCUT2D eigenvalue weighted by molar-refractivity contribution is 5.84. The third-order valence-electron chi connectivity index (χ3n) is 5.96. The Morgan fingerprint density at radius 3 is 2.80 bits per heavy atom. The summed E-state index contributed by atoms with van der Waals surface area (Å²) in [6.07, 6.45) is 3.43. The molecular formula is C23H23FN4O2. The average molecular weight is 406 g/mol. The molecule has 7 heteroatoms. The van der Waals surface area contributed by atoms with Gasteiger partial charge in [-0.2, -0.15) is 0 Å². The SMILES string of the molecule is Cc1cc(F)c2nc(-c3cc4ccc(N5CCN(C)[C@H](C)C5)cc4oc3=O)cn2c1. The second-order valence-corrected chi connectivity index (χ2v) is 8.17. The van der Waals surface area contributed by atoms with Crippen LogP contribution in [0.1, 0.15) is 12.5 Å². The first-order valence-electron chi connectivity index (χ1n) is 10.1. The van der Waals surface area contributed by atoms with Crippen molar-refractivity contribution in [3.8, 4) is 11.3 Å². The number of pyridine rings is 1. The van der Waals surface area contributed by atoms with Crippen molar-refractivity contribution >= 4 is 22.3 Å². The van der Waals surface area contributed by atoms with E-state index in [4.69, 9.17) is 4.42 Å². The monoisotopic (exact) mass is 406 g/mol. The van der Waals surface area contributed by atoms with Crippen molar-refractivity contribution in [2.45, 2.75) is 19.9 Å². The molecule has 1 saturated heterocycles. The van der Waals surface area contributed by atoms with Crippen LogP contribution in [0, 0.1) is 12.7 Å². The van der Waals surface area contributed by atoms with E-state index in [2.05, 4.69) is 34.8 Å². The largest absolute Gasteiger partial charge is 0.422 e. The minimum Gasteiger partial charge on any atom is -0.422 e. The lowest BCUT2D eigenvalue weighted by molar-refractivity contribution is 0.234. The Labute approximate surface area is 173 Å². The fourth-order valence-electron chi connectivity index (χ4n) is 4.08. The van der Waals surface area contributed by atoms with Gasteiger partial charge in [0.25, 0.3) is 0 Å². The number of aromatic nitrogens is 2. The fourth-order valence-corrected chi connectivity index (χ4v) is 4.08. The number of hydrogen-bond acceptors (Lipinski definition) is 5. The van der Waals surface area contributed by atoms with Crippen LogP contribution in [0.4, 0.5) is 10.1 Å². The van der Waals surface area contributed by atoms with E-state index in [-0.39, 0.29) is 5.65 Å². The average Bonchev–Trinajstić information content (AvgIpc) is 3.13. The summed E-state index contributed by atoms with van der Waals surface area (Å²) in [7, 11) is 2.13. The molecule has 1 aliphatic heterocycles. The topological polar surface area (TPSA) is 54.0 Å². The van der Waals surface area contributed by atoms with E-state index >= 15 is 0 Å². The van der Waals surface area contributed by atoms with E-state index in [9.17, 15) is 9.18 Å². The molecule has 1 aliphatic rings. The van der Waals surface area contributed by atoms with Gasteiger partial charge in [0.05, 0.1) is 11.3 Å². The van der Waals surface area contributed by atoms with Crippen LogP contribution in [0.5, 0.6) is 0 Å². The van der Waals surface area contributed by atoms with Crippen LogP contribution in [0.25, 0.3) is 27.9 Å². The van der Waals surface area contributed by atoms with E-state index in [1.807, 2.05) is 19.1 Å².